The fourth-order valence-electron chi connectivity index (χ4n) is 2.20. The van der Waals surface area contributed by atoms with Crippen LogP contribution in [0.15, 0.2) is 29.4 Å². The van der Waals surface area contributed by atoms with Crippen LogP contribution in [0.25, 0.3) is 0 Å². The van der Waals surface area contributed by atoms with E-state index in [1.165, 1.54) is 0 Å². The first-order chi connectivity index (χ1) is 10.1. The van der Waals surface area contributed by atoms with E-state index in [1.807, 2.05) is 25.1 Å². The number of benzene rings is 1. The third-order valence-electron chi connectivity index (χ3n) is 3.57. The number of nitrogens with zero attached hydrogens (tertiary/aromatic N) is 1. The minimum Gasteiger partial charge on any atom is -0.409 e. The molecular weight excluding hydrogens is 266 g/mol. The summed E-state index contributed by atoms with van der Waals surface area (Å²) in [6.07, 6.45) is 3.97. The van der Waals surface area contributed by atoms with Gasteiger partial charge in [-0.3, -0.25) is 4.79 Å². The zero-order valence-electron chi connectivity index (χ0n) is 12.8. The fraction of sp³-hybridized carbons (Fsp3) is 0.500. The normalized spacial score (nSPS) is 13.0. The second-order valence-corrected chi connectivity index (χ2v) is 5.15. The van der Waals surface area contributed by atoms with Gasteiger partial charge in [-0.05, 0) is 24.5 Å². The molecule has 0 saturated carbocycles. The lowest BCUT2D eigenvalue weighted by Gasteiger charge is -2.14. The maximum absolute atomic E-state index is 12.1. The summed E-state index contributed by atoms with van der Waals surface area (Å²) in [7, 11) is 0. The van der Waals surface area contributed by atoms with Crippen LogP contribution in [-0.4, -0.2) is 17.0 Å². The Morgan fingerprint density at radius 2 is 2.19 bits per heavy atom. The van der Waals surface area contributed by atoms with Crippen molar-refractivity contribution >= 4 is 11.7 Å². The lowest BCUT2D eigenvalue weighted by Crippen LogP contribution is -2.30. The van der Waals surface area contributed by atoms with E-state index < -0.39 is 0 Å². The highest BCUT2D eigenvalue weighted by Crippen LogP contribution is 2.13. The lowest BCUT2D eigenvalue weighted by molar-refractivity contribution is -0.125. The van der Waals surface area contributed by atoms with E-state index in [4.69, 9.17) is 10.9 Å². The van der Waals surface area contributed by atoms with Gasteiger partial charge in [-0.2, -0.15) is 0 Å². The molecule has 0 aliphatic carbocycles. The minimum atomic E-state index is 0.0672. The highest BCUT2D eigenvalue weighted by molar-refractivity contribution is 5.97. The van der Waals surface area contributed by atoms with Gasteiger partial charge < -0.3 is 16.3 Å². The van der Waals surface area contributed by atoms with Crippen molar-refractivity contribution in [3.05, 3.63) is 35.4 Å². The average molecular weight is 291 g/mol. The molecule has 0 heterocycles. The van der Waals surface area contributed by atoms with Crippen molar-refractivity contribution in [1.29, 1.82) is 0 Å². The van der Waals surface area contributed by atoms with Crippen LogP contribution < -0.4 is 11.1 Å². The van der Waals surface area contributed by atoms with E-state index in [2.05, 4.69) is 17.4 Å². The summed E-state index contributed by atoms with van der Waals surface area (Å²) in [6.45, 7) is 4.62. The summed E-state index contributed by atoms with van der Waals surface area (Å²) >= 11 is 0. The lowest BCUT2D eigenvalue weighted by atomic mass is 9.98. The minimum absolute atomic E-state index is 0.0672. The summed E-state index contributed by atoms with van der Waals surface area (Å²) in [6, 6.07) is 7.30. The summed E-state index contributed by atoms with van der Waals surface area (Å²) in [5.74, 6) is 0.245. The van der Waals surface area contributed by atoms with E-state index in [1.54, 1.807) is 6.07 Å². The first kappa shape index (κ1) is 17.0. The van der Waals surface area contributed by atoms with Crippen LogP contribution in [0, 0.1) is 5.92 Å². The molecule has 1 rings (SSSR count). The Bertz CT molecular complexity index is 486. The molecule has 5 nitrogen and oxygen atoms in total. The molecule has 0 fully saturated rings. The second kappa shape index (κ2) is 9.00. The number of hydrogen-bond acceptors (Lipinski definition) is 3. The zero-order chi connectivity index (χ0) is 15.7. The van der Waals surface area contributed by atoms with E-state index in [0.717, 1.165) is 31.2 Å². The van der Waals surface area contributed by atoms with E-state index in [9.17, 15) is 4.79 Å². The number of carbonyl (C=O) groups is 1. The Morgan fingerprint density at radius 3 is 2.81 bits per heavy atom. The van der Waals surface area contributed by atoms with Crippen molar-refractivity contribution in [2.45, 2.75) is 46.1 Å². The van der Waals surface area contributed by atoms with Crippen molar-refractivity contribution in [1.82, 2.24) is 5.32 Å². The smallest absolute Gasteiger partial charge is 0.223 e. The number of amidine groups is 1. The zero-order valence-corrected chi connectivity index (χ0v) is 12.8. The van der Waals surface area contributed by atoms with Crippen molar-refractivity contribution in [3.63, 3.8) is 0 Å². The van der Waals surface area contributed by atoms with Crippen LogP contribution in [-0.2, 0) is 11.3 Å². The molecule has 0 radical (unpaired) electrons. The number of nitrogens with two attached hydrogens (primary N) is 1. The van der Waals surface area contributed by atoms with Crippen LogP contribution >= 0.6 is 0 Å². The van der Waals surface area contributed by atoms with Gasteiger partial charge in [-0.15, -0.1) is 0 Å². The molecule has 0 aliphatic rings. The van der Waals surface area contributed by atoms with Gasteiger partial charge in [0.1, 0.15) is 0 Å². The third-order valence-corrected chi connectivity index (χ3v) is 3.57. The Hall–Kier alpha value is -2.04. The number of unbranched alkanes of at least 4 members (excludes halogenated alkanes) is 1. The highest BCUT2D eigenvalue weighted by Gasteiger charge is 2.15. The molecule has 0 aliphatic heterocycles. The molecule has 1 atom stereocenters. The van der Waals surface area contributed by atoms with Gasteiger partial charge in [0.25, 0.3) is 0 Å². The maximum Gasteiger partial charge on any atom is 0.223 e. The van der Waals surface area contributed by atoms with Gasteiger partial charge in [-0.1, -0.05) is 50.0 Å². The molecule has 1 aromatic carbocycles. The van der Waals surface area contributed by atoms with Crippen LogP contribution in [0.3, 0.4) is 0 Å². The summed E-state index contributed by atoms with van der Waals surface area (Å²) in [4.78, 5) is 12.1. The molecular formula is C16H25N3O2. The molecule has 0 spiro atoms. The largest absolute Gasteiger partial charge is 0.409 e. The molecule has 0 bridgehead atoms. The van der Waals surface area contributed by atoms with E-state index in [0.29, 0.717) is 12.1 Å². The van der Waals surface area contributed by atoms with Gasteiger partial charge in [0.15, 0.2) is 5.84 Å². The van der Waals surface area contributed by atoms with Gasteiger partial charge in [0.2, 0.25) is 5.91 Å². The van der Waals surface area contributed by atoms with Gasteiger partial charge >= 0.3 is 0 Å². The highest BCUT2D eigenvalue weighted by atomic mass is 16.4. The molecule has 1 amide bonds. The predicted octanol–water partition coefficient (Wildman–Crippen LogP) is 2.61. The molecule has 1 unspecified atom stereocenters. The molecule has 0 aromatic heterocycles. The SMILES string of the molecule is CCCCC(CC)C(=O)NCc1cccc(C(N)=NO)c1. The van der Waals surface area contributed by atoms with Crippen LogP contribution in [0.5, 0.6) is 0 Å². The number of oxime groups is 1. The average Bonchev–Trinajstić information content (AvgIpc) is 2.53. The number of amides is 1. The number of nitrogens with one attached hydrogen (secondary N) is 1. The second-order valence-electron chi connectivity index (χ2n) is 5.15. The van der Waals surface area contributed by atoms with Crippen LogP contribution in [0.2, 0.25) is 0 Å². The summed E-state index contributed by atoms with van der Waals surface area (Å²) in [5.41, 5.74) is 7.13. The molecule has 0 saturated heterocycles. The first-order valence-electron chi connectivity index (χ1n) is 7.46. The quantitative estimate of drug-likeness (QED) is 0.298. The standard InChI is InChI=1S/C16H25N3O2/c1-3-5-8-13(4-2)16(20)18-11-12-7-6-9-14(10-12)15(17)19-21/h6-7,9-10,13,21H,3-5,8,11H2,1-2H3,(H2,17,19)(H,18,20). The first-order valence-corrected chi connectivity index (χ1v) is 7.46. The molecule has 116 valence electrons. The summed E-state index contributed by atoms with van der Waals surface area (Å²) < 4.78 is 0. The molecule has 5 heteroatoms. The van der Waals surface area contributed by atoms with Gasteiger partial charge in [0, 0.05) is 18.0 Å². The van der Waals surface area contributed by atoms with E-state index in [-0.39, 0.29) is 17.7 Å². The molecule has 21 heavy (non-hydrogen) atoms. The van der Waals surface area contributed by atoms with Gasteiger partial charge in [-0.25, -0.2) is 0 Å². The maximum atomic E-state index is 12.1. The topological polar surface area (TPSA) is 87.7 Å². The Kier molecular flexibility index (Phi) is 7.29. The molecule has 4 N–H and O–H groups in total. The van der Waals surface area contributed by atoms with Crippen molar-refractivity contribution in [2.24, 2.45) is 16.8 Å². The van der Waals surface area contributed by atoms with Crippen molar-refractivity contribution in [2.75, 3.05) is 0 Å². The van der Waals surface area contributed by atoms with Crippen molar-refractivity contribution in [3.8, 4) is 0 Å². The summed E-state index contributed by atoms with van der Waals surface area (Å²) in [5, 5.41) is 14.6. The van der Waals surface area contributed by atoms with E-state index >= 15 is 0 Å². The number of carbonyl (C=O) groups excluding carboxylic acids is 1. The molecule has 1 aromatic rings. The van der Waals surface area contributed by atoms with Crippen molar-refractivity contribution < 1.29 is 10.0 Å². The Labute approximate surface area is 126 Å². The van der Waals surface area contributed by atoms with Crippen LogP contribution in [0.4, 0.5) is 0 Å². The Balaban J connectivity index is 2.60. The van der Waals surface area contributed by atoms with Crippen LogP contribution in [0.1, 0.15) is 50.7 Å². The number of hydrogen-bond donors (Lipinski definition) is 3. The fourth-order valence-corrected chi connectivity index (χ4v) is 2.20. The Morgan fingerprint density at radius 1 is 1.43 bits per heavy atom. The predicted molar refractivity (Wildman–Crippen MR) is 84.1 cm³/mol. The monoisotopic (exact) mass is 291 g/mol. The third kappa shape index (κ3) is 5.45. The van der Waals surface area contributed by atoms with Gasteiger partial charge in [0.05, 0.1) is 0 Å². The number of rotatable bonds is 8.